The summed E-state index contributed by atoms with van der Waals surface area (Å²) in [6.07, 6.45) is 0. The molecule has 1 rings (SSSR count). The molecule has 0 aliphatic heterocycles. The number of thiocarbonyl (C=S) groups is 1. The fourth-order valence-corrected chi connectivity index (χ4v) is 3.20. The second-order valence-electron chi connectivity index (χ2n) is 6.46. The van der Waals surface area contributed by atoms with Crippen molar-refractivity contribution in [3.8, 4) is 0 Å². The Morgan fingerprint density at radius 2 is 1.95 bits per heavy atom. The van der Waals surface area contributed by atoms with Crippen LogP contribution in [0.2, 0.25) is 0 Å². The van der Waals surface area contributed by atoms with Crippen LogP contribution in [0.3, 0.4) is 0 Å². The normalized spacial score (nSPS) is 14.0. The minimum atomic E-state index is -3.52. The fourth-order valence-electron chi connectivity index (χ4n) is 1.72. The highest BCUT2D eigenvalue weighted by Gasteiger charge is 2.23. The fraction of sp³-hybridized carbons (Fsp3) is 0.533. The maximum atomic E-state index is 12.4. The van der Waals surface area contributed by atoms with Crippen LogP contribution in [0.1, 0.15) is 38.8 Å². The summed E-state index contributed by atoms with van der Waals surface area (Å²) >= 11 is 4.90. The highest BCUT2D eigenvalue weighted by Crippen LogP contribution is 2.25. The van der Waals surface area contributed by atoms with Gasteiger partial charge in [0, 0.05) is 12.1 Å². The topological polar surface area (TPSA) is 72.2 Å². The number of aryl methyl sites for hydroxylation is 1. The summed E-state index contributed by atoms with van der Waals surface area (Å²) in [5, 5.41) is 0. The Balaban J connectivity index is 2.96. The van der Waals surface area contributed by atoms with Crippen LogP contribution in [-0.2, 0) is 10.0 Å². The number of benzene rings is 1. The van der Waals surface area contributed by atoms with Gasteiger partial charge < -0.3 is 5.73 Å². The highest BCUT2D eigenvalue weighted by molar-refractivity contribution is 7.89. The molecule has 118 valence electrons. The molecule has 6 heteroatoms. The lowest BCUT2D eigenvalue weighted by molar-refractivity contribution is 0.263. The van der Waals surface area contributed by atoms with Crippen molar-refractivity contribution in [1.29, 1.82) is 0 Å². The molecule has 0 saturated carbocycles. The van der Waals surface area contributed by atoms with E-state index in [-0.39, 0.29) is 21.2 Å². The Morgan fingerprint density at radius 3 is 2.38 bits per heavy atom. The first kappa shape index (κ1) is 18.1. The van der Waals surface area contributed by atoms with Crippen LogP contribution in [-0.4, -0.2) is 20.0 Å². The van der Waals surface area contributed by atoms with Crippen LogP contribution < -0.4 is 10.5 Å². The Labute approximate surface area is 133 Å². The lowest BCUT2D eigenvalue weighted by Gasteiger charge is -2.27. The number of rotatable bonds is 5. The van der Waals surface area contributed by atoms with Crippen molar-refractivity contribution in [3.63, 3.8) is 0 Å². The summed E-state index contributed by atoms with van der Waals surface area (Å²) in [7, 11) is -3.52. The largest absolute Gasteiger partial charge is 0.389 e. The van der Waals surface area contributed by atoms with Crippen LogP contribution in [0.5, 0.6) is 0 Å². The van der Waals surface area contributed by atoms with E-state index in [1.807, 2.05) is 6.92 Å². The average Bonchev–Trinajstić information content (AvgIpc) is 2.34. The summed E-state index contributed by atoms with van der Waals surface area (Å²) in [5.74, 6) is 0.225. The third-order valence-electron chi connectivity index (χ3n) is 3.81. The molecule has 1 aromatic carbocycles. The van der Waals surface area contributed by atoms with Gasteiger partial charge in [-0.3, -0.25) is 0 Å². The van der Waals surface area contributed by atoms with Crippen molar-refractivity contribution < 1.29 is 8.42 Å². The van der Waals surface area contributed by atoms with Crippen LogP contribution in [0, 0.1) is 18.3 Å². The molecule has 0 spiro atoms. The van der Waals surface area contributed by atoms with E-state index in [0.29, 0.717) is 17.7 Å². The summed E-state index contributed by atoms with van der Waals surface area (Å²) in [4.78, 5) is 0.528. The summed E-state index contributed by atoms with van der Waals surface area (Å²) in [6.45, 7) is 10.5. The monoisotopic (exact) mass is 328 g/mol. The molecular weight excluding hydrogens is 304 g/mol. The lowest BCUT2D eigenvalue weighted by Crippen LogP contribution is -2.34. The summed E-state index contributed by atoms with van der Waals surface area (Å²) in [6, 6.07) is 4.88. The van der Waals surface area contributed by atoms with E-state index in [9.17, 15) is 8.42 Å². The number of sulfonamides is 1. The number of hydrogen-bond acceptors (Lipinski definition) is 3. The molecule has 1 aromatic rings. The van der Waals surface area contributed by atoms with Crippen molar-refractivity contribution in [3.05, 3.63) is 29.3 Å². The zero-order valence-electron chi connectivity index (χ0n) is 13.2. The van der Waals surface area contributed by atoms with Gasteiger partial charge >= 0.3 is 0 Å². The minimum Gasteiger partial charge on any atom is -0.389 e. The summed E-state index contributed by atoms with van der Waals surface area (Å²) in [5.41, 5.74) is 6.91. The molecule has 0 aliphatic rings. The van der Waals surface area contributed by atoms with Gasteiger partial charge in [-0.1, -0.05) is 46.0 Å². The smallest absolute Gasteiger partial charge is 0.240 e. The molecule has 1 atom stereocenters. The predicted molar refractivity (Wildman–Crippen MR) is 90.9 cm³/mol. The maximum absolute atomic E-state index is 12.4. The molecule has 0 aliphatic carbocycles. The standard InChI is InChI=1S/C15H24N2O2S2/c1-10-8-12(14(16)20)6-7-13(10)21(18,19)17-9-11(2)15(3,4)5/h6-8,11,17H,9H2,1-5H3,(H2,16,20). The van der Waals surface area contributed by atoms with E-state index in [0.717, 1.165) is 0 Å². The zero-order valence-corrected chi connectivity index (χ0v) is 14.9. The van der Waals surface area contributed by atoms with Crippen LogP contribution >= 0.6 is 12.2 Å². The Bertz CT molecular complexity index is 632. The first-order valence-electron chi connectivity index (χ1n) is 6.85. The van der Waals surface area contributed by atoms with Crippen LogP contribution in [0.25, 0.3) is 0 Å². The van der Waals surface area contributed by atoms with Crippen molar-refractivity contribution in [1.82, 2.24) is 4.72 Å². The molecule has 1 unspecified atom stereocenters. The number of nitrogens with one attached hydrogen (secondary N) is 1. The number of nitrogens with two attached hydrogens (primary N) is 1. The number of hydrogen-bond donors (Lipinski definition) is 2. The quantitative estimate of drug-likeness (QED) is 0.815. The molecule has 21 heavy (non-hydrogen) atoms. The van der Waals surface area contributed by atoms with Crippen molar-refractivity contribution in [2.24, 2.45) is 17.1 Å². The second kappa shape index (κ2) is 6.42. The van der Waals surface area contributed by atoms with E-state index in [2.05, 4.69) is 25.5 Å². The highest BCUT2D eigenvalue weighted by atomic mass is 32.2. The molecule has 0 amide bonds. The first-order chi connectivity index (χ1) is 9.45. The zero-order chi connectivity index (χ0) is 16.4. The molecule has 0 radical (unpaired) electrons. The van der Waals surface area contributed by atoms with Crippen molar-refractivity contribution in [2.75, 3.05) is 6.54 Å². The van der Waals surface area contributed by atoms with E-state index < -0.39 is 10.0 Å². The second-order valence-corrected chi connectivity index (χ2v) is 8.64. The Morgan fingerprint density at radius 1 is 1.38 bits per heavy atom. The Hall–Kier alpha value is -0.980. The van der Waals surface area contributed by atoms with E-state index in [1.54, 1.807) is 25.1 Å². The van der Waals surface area contributed by atoms with Gasteiger partial charge in [-0.25, -0.2) is 13.1 Å². The van der Waals surface area contributed by atoms with Gasteiger partial charge in [0.25, 0.3) is 0 Å². The van der Waals surface area contributed by atoms with E-state index in [1.165, 1.54) is 0 Å². The maximum Gasteiger partial charge on any atom is 0.240 e. The van der Waals surface area contributed by atoms with Gasteiger partial charge in [-0.2, -0.15) is 0 Å². The molecule has 3 N–H and O–H groups in total. The minimum absolute atomic E-state index is 0.0488. The molecule has 0 aromatic heterocycles. The van der Waals surface area contributed by atoms with Crippen LogP contribution in [0.15, 0.2) is 23.1 Å². The molecule has 0 saturated heterocycles. The van der Waals surface area contributed by atoms with Gasteiger partial charge in [-0.15, -0.1) is 0 Å². The SMILES string of the molecule is Cc1cc(C(N)=S)ccc1S(=O)(=O)NCC(C)C(C)(C)C. The third kappa shape index (κ3) is 4.76. The van der Waals surface area contributed by atoms with Gasteiger partial charge in [0.15, 0.2) is 0 Å². The van der Waals surface area contributed by atoms with Gasteiger partial charge in [0.05, 0.1) is 4.90 Å². The predicted octanol–water partition coefficient (Wildman–Crippen LogP) is 2.59. The average molecular weight is 329 g/mol. The molecular formula is C15H24N2O2S2. The van der Waals surface area contributed by atoms with Gasteiger partial charge in [-0.05, 0) is 36.0 Å². The first-order valence-corrected chi connectivity index (χ1v) is 8.74. The third-order valence-corrected chi connectivity index (χ3v) is 5.63. The van der Waals surface area contributed by atoms with Crippen LogP contribution in [0.4, 0.5) is 0 Å². The van der Waals surface area contributed by atoms with Gasteiger partial charge in [0.1, 0.15) is 4.99 Å². The lowest BCUT2D eigenvalue weighted by atomic mass is 9.82. The molecule has 0 fully saturated rings. The van der Waals surface area contributed by atoms with E-state index in [4.69, 9.17) is 18.0 Å². The molecule has 0 heterocycles. The van der Waals surface area contributed by atoms with Crippen molar-refractivity contribution in [2.45, 2.75) is 39.5 Å². The Kier molecular flexibility index (Phi) is 5.52. The van der Waals surface area contributed by atoms with E-state index >= 15 is 0 Å². The molecule has 0 bridgehead atoms. The van der Waals surface area contributed by atoms with Crippen molar-refractivity contribution >= 4 is 27.2 Å². The summed E-state index contributed by atoms with van der Waals surface area (Å²) < 4.78 is 27.5. The molecule has 4 nitrogen and oxygen atoms in total. The van der Waals surface area contributed by atoms with Gasteiger partial charge in [0.2, 0.25) is 10.0 Å².